The molecule has 0 aliphatic carbocycles. The highest BCUT2D eigenvalue weighted by molar-refractivity contribution is 9.25. The van der Waals surface area contributed by atoms with Crippen LogP contribution in [0.3, 0.4) is 0 Å². The molecule has 0 spiro atoms. The molecule has 1 atom stereocenters. The van der Waals surface area contributed by atoms with Crippen molar-refractivity contribution in [1.29, 1.82) is 0 Å². The summed E-state index contributed by atoms with van der Waals surface area (Å²) in [5.74, 6) is 0. The van der Waals surface area contributed by atoms with Crippen molar-refractivity contribution < 1.29 is 8.85 Å². The molecule has 0 N–H and O–H groups in total. The Kier molecular flexibility index (Phi) is 9.09. The first-order valence-corrected chi connectivity index (χ1v) is 10.3. The van der Waals surface area contributed by atoms with Gasteiger partial charge in [0, 0.05) is 18.8 Å². The lowest BCUT2D eigenvalue weighted by atomic mass is 10.2. The first-order valence-electron chi connectivity index (χ1n) is 6.11. The second kappa shape index (κ2) is 8.73. The first kappa shape index (κ1) is 15.6. The third-order valence-electron chi connectivity index (χ3n) is 2.57. The largest absolute Gasteiger partial charge is 0.417 e. The molecule has 0 rings (SSSR count). The number of unbranched alkanes of at least 4 members (excludes halogenated alkanes) is 1. The monoisotopic (exact) mass is 296 g/mol. The van der Waals surface area contributed by atoms with Crippen molar-refractivity contribution in [2.75, 3.05) is 13.2 Å². The van der Waals surface area contributed by atoms with Crippen LogP contribution in [0.5, 0.6) is 0 Å². The summed E-state index contributed by atoms with van der Waals surface area (Å²) in [6, 6.07) is 0. The summed E-state index contributed by atoms with van der Waals surface area (Å²) in [6.45, 7) is 10.00. The highest BCUT2D eigenvalue weighted by atomic mass is 79.9. The van der Waals surface area contributed by atoms with Crippen LogP contribution in [0, 0.1) is 0 Å². The fraction of sp³-hybridized carbons (Fsp3) is 1.00. The van der Waals surface area contributed by atoms with Crippen LogP contribution in [0.2, 0.25) is 5.54 Å². The predicted octanol–water partition coefficient (Wildman–Crippen LogP) is 4.36. The number of hydrogen-bond donors (Lipinski definition) is 0. The van der Waals surface area contributed by atoms with Gasteiger partial charge in [0.25, 0.3) is 0 Å². The van der Waals surface area contributed by atoms with E-state index in [-0.39, 0.29) is 0 Å². The van der Waals surface area contributed by atoms with E-state index in [0.29, 0.717) is 5.54 Å². The van der Waals surface area contributed by atoms with Gasteiger partial charge in [-0.1, -0.05) is 48.4 Å². The van der Waals surface area contributed by atoms with E-state index in [1.807, 2.05) is 13.8 Å². The van der Waals surface area contributed by atoms with Crippen LogP contribution in [-0.4, -0.2) is 20.4 Å². The first-order chi connectivity index (χ1) is 7.14. The third-order valence-corrected chi connectivity index (χ3v) is 8.92. The van der Waals surface area contributed by atoms with Crippen molar-refractivity contribution >= 4 is 22.5 Å². The highest BCUT2D eigenvalue weighted by Crippen LogP contribution is 2.36. The van der Waals surface area contributed by atoms with Gasteiger partial charge in [0.05, 0.1) is 0 Å². The van der Waals surface area contributed by atoms with E-state index in [1.54, 1.807) is 0 Å². The van der Waals surface area contributed by atoms with Gasteiger partial charge < -0.3 is 8.85 Å². The van der Waals surface area contributed by atoms with Gasteiger partial charge in [0.15, 0.2) is 0 Å². The molecule has 0 aliphatic heterocycles. The van der Waals surface area contributed by atoms with Crippen molar-refractivity contribution in [2.45, 2.75) is 58.9 Å². The Balaban J connectivity index is 4.37. The van der Waals surface area contributed by atoms with Crippen molar-refractivity contribution in [3.63, 3.8) is 0 Å². The number of hydrogen-bond acceptors (Lipinski definition) is 2. The standard InChI is InChI=1S/C11H25BrO2Si/c1-5-9-10-11(6-2)15(12,13-7-3)14-8-4/h11H,5-10H2,1-4H3. The van der Waals surface area contributed by atoms with E-state index in [4.69, 9.17) is 8.85 Å². The molecule has 0 amide bonds. The Hall–Kier alpha value is 0.617. The minimum Gasteiger partial charge on any atom is -0.386 e. The highest BCUT2D eigenvalue weighted by Gasteiger charge is 2.42. The van der Waals surface area contributed by atoms with Crippen molar-refractivity contribution in [1.82, 2.24) is 0 Å². The van der Waals surface area contributed by atoms with Gasteiger partial charge in [0.1, 0.15) is 0 Å². The van der Waals surface area contributed by atoms with Crippen LogP contribution >= 0.6 is 15.3 Å². The molecule has 0 bridgehead atoms. The summed E-state index contributed by atoms with van der Waals surface area (Å²) in [4.78, 5) is 0. The van der Waals surface area contributed by atoms with Crippen LogP contribution in [0.1, 0.15) is 53.4 Å². The van der Waals surface area contributed by atoms with Crippen molar-refractivity contribution in [3.05, 3.63) is 0 Å². The van der Waals surface area contributed by atoms with Gasteiger partial charge in [-0.2, -0.15) is 0 Å². The normalized spacial score (nSPS) is 14.2. The predicted molar refractivity (Wildman–Crippen MR) is 71.5 cm³/mol. The topological polar surface area (TPSA) is 18.5 Å². The molecular formula is C11H25BrO2Si. The SMILES string of the molecule is CCCCC(CC)[Si](Br)(OCC)OCC. The third kappa shape index (κ3) is 5.47. The average molecular weight is 297 g/mol. The maximum absolute atomic E-state index is 5.85. The molecule has 0 fully saturated rings. The van der Waals surface area contributed by atoms with Crippen LogP contribution < -0.4 is 0 Å². The minimum atomic E-state index is -2.10. The van der Waals surface area contributed by atoms with Gasteiger partial charge in [0.2, 0.25) is 0 Å². The Labute approximate surface area is 104 Å². The average Bonchev–Trinajstić information content (AvgIpc) is 2.19. The molecule has 0 heterocycles. The van der Waals surface area contributed by atoms with Crippen molar-refractivity contribution in [2.24, 2.45) is 0 Å². The summed E-state index contributed by atoms with van der Waals surface area (Å²) >= 11 is 3.76. The molecule has 0 aromatic heterocycles. The summed E-state index contributed by atoms with van der Waals surface area (Å²) in [5, 5.41) is 0. The molecule has 0 aromatic carbocycles. The van der Waals surface area contributed by atoms with E-state index in [2.05, 4.69) is 29.1 Å². The molecule has 15 heavy (non-hydrogen) atoms. The molecule has 0 saturated carbocycles. The molecule has 92 valence electrons. The second-order valence-electron chi connectivity index (χ2n) is 3.70. The molecule has 2 nitrogen and oxygen atoms in total. The van der Waals surface area contributed by atoms with Gasteiger partial charge in [-0.25, -0.2) is 0 Å². The fourth-order valence-electron chi connectivity index (χ4n) is 1.74. The quantitative estimate of drug-likeness (QED) is 0.465. The van der Waals surface area contributed by atoms with E-state index in [1.165, 1.54) is 19.3 Å². The molecule has 0 aliphatic rings. The number of rotatable bonds is 9. The molecular weight excluding hydrogens is 272 g/mol. The Morgan fingerprint density at radius 1 is 1.07 bits per heavy atom. The van der Waals surface area contributed by atoms with Gasteiger partial charge in [-0.15, -0.1) is 0 Å². The lowest BCUT2D eigenvalue weighted by molar-refractivity contribution is 0.193. The second-order valence-corrected chi connectivity index (χ2v) is 9.57. The molecule has 4 heteroatoms. The Morgan fingerprint density at radius 3 is 1.93 bits per heavy atom. The summed E-state index contributed by atoms with van der Waals surface area (Å²) < 4.78 is 11.7. The molecule has 0 radical (unpaired) electrons. The van der Waals surface area contributed by atoms with Crippen LogP contribution in [0.15, 0.2) is 0 Å². The minimum absolute atomic E-state index is 0.567. The summed E-state index contributed by atoms with van der Waals surface area (Å²) in [5.41, 5.74) is 0.567. The van der Waals surface area contributed by atoms with E-state index >= 15 is 0 Å². The molecule has 0 aromatic rings. The molecule has 0 saturated heterocycles. The maximum atomic E-state index is 5.85. The lowest BCUT2D eigenvalue weighted by Crippen LogP contribution is -2.40. The summed E-state index contributed by atoms with van der Waals surface area (Å²) in [7, 11) is -2.10. The molecule has 1 unspecified atom stereocenters. The van der Waals surface area contributed by atoms with Gasteiger partial charge in [-0.3, -0.25) is 0 Å². The number of halogens is 1. The zero-order valence-corrected chi connectivity index (χ0v) is 13.1. The van der Waals surface area contributed by atoms with Crippen LogP contribution in [0.4, 0.5) is 0 Å². The fourth-order valence-corrected chi connectivity index (χ4v) is 7.15. The smallest absolute Gasteiger partial charge is 0.386 e. The Bertz CT molecular complexity index is 150. The van der Waals surface area contributed by atoms with Crippen LogP contribution in [0.25, 0.3) is 0 Å². The van der Waals surface area contributed by atoms with Gasteiger partial charge in [-0.05, 0) is 20.3 Å². The van der Waals surface area contributed by atoms with Crippen molar-refractivity contribution in [3.8, 4) is 0 Å². The zero-order valence-electron chi connectivity index (χ0n) is 10.5. The van der Waals surface area contributed by atoms with E-state index in [0.717, 1.165) is 19.6 Å². The van der Waals surface area contributed by atoms with Gasteiger partial charge >= 0.3 is 7.18 Å². The maximum Gasteiger partial charge on any atom is 0.417 e. The lowest BCUT2D eigenvalue weighted by Gasteiger charge is -2.31. The van der Waals surface area contributed by atoms with E-state index in [9.17, 15) is 0 Å². The zero-order chi connectivity index (χ0) is 11.7. The summed E-state index contributed by atoms with van der Waals surface area (Å²) in [6.07, 6.45) is 4.85. The van der Waals surface area contributed by atoms with E-state index < -0.39 is 7.18 Å². The van der Waals surface area contributed by atoms with Crippen LogP contribution in [-0.2, 0) is 8.85 Å². The Morgan fingerprint density at radius 2 is 1.60 bits per heavy atom.